The lowest BCUT2D eigenvalue weighted by atomic mass is 9.91. The number of urea groups is 1. The molecular formula is C22H23N3O5. The number of amides is 4. The highest BCUT2D eigenvalue weighted by Gasteiger charge is 2.37. The number of imide groups is 1. The van der Waals surface area contributed by atoms with Crippen LogP contribution in [0.3, 0.4) is 0 Å². The smallest absolute Gasteiger partial charge is 0.350 e. The first-order valence-corrected chi connectivity index (χ1v) is 9.91. The molecule has 1 N–H and O–H groups in total. The van der Waals surface area contributed by atoms with E-state index in [1.165, 1.54) is 6.08 Å². The second-order valence-corrected chi connectivity index (χ2v) is 7.37. The molecule has 0 bridgehead atoms. The minimum atomic E-state index is -0.671. The number of ether oxygens (including phenoxy) is 2. The number of allylic oxidation sites excluding steroid dienone is 1. The zero-order chi connectivity index (χ0) is 21.1. The number of hydrogen-bond acceptors (Lipinski definition) is 5. The van der Waals surface area contributed by atoms with Crippen LogP contribution in [0.15, 0.2) is 53.1 Å². The van der Waals surface area contributed by atoms with E-state index in [1.807, 2.05) is 0 Å². The van der Waals surface area contributed by atoms with Gasteiger partial charge in [0.25, 0.3) is 5.91 Å². The van der Waals surface area contributed by atoms with Crippen molar-refractivity contribution in [1.29, 1.82) is 0 Å². The van der Waals surface area contributed by atoms with Crippen LogP contribution in [-0.4, -0.2) is 54.8 Å². The summed E-state index contributed by atoms with van der Waals surface area (Å²) < 4.78 is 10.6. The number of rotatable bonds is 6. The molecule has 2 unspecified atom stereocenters. The molecule has 1 aliphatic carbocycles. The molecule has 1 saturated heterocycles. The molecule has 1 fully saturated rings. The maximum Gasteiger partial charge on any atom is 0.350 e. The Bertz CT molecular complexity index is 942. The molecule has 3 aliphatic rings. The normalized spacial score (nSPS) is 23.0. The fourth-order valence-electron chi connectivity index (χ4n) is 3.65. The van der Waals surface area contributed by atoms with E-state index >= 15 is 0 Å². The Balaban J connectivity index is 1.44. The van der Waals surface area contributed by atoms with Crippen LogP contribution in [0.2, 0.25) is 0 Å². The number of benzene rings is 1. The summed E-state index contributed by atoms with van der Waals surface area (Å²) in [6, 6.07) is 6.51. The molecular weight excluding hydrogens is 386 g/mol. The van der Waals surface area contributed by atoms with E-state index < -0.39 is 11.9 Å². The molecule has 4 rings (SSSR count). The van der Waals surface area contributed by atoms with Gasteiger partial charge in [-0.05, 0) is 36.6 Å². The molecule has 156 valence electrons. The van der Waals surface area contributed by atoms with Crippen LogP contribution < -0.4 is 10.1 Å². The van der Waals surface area contributed by atoms with Crippen LogP contribution in [-0.2, 0) is 20.9 Å². The molecule has 30 heavy (non-hydrogen) atoms. The summed E-state index contributed by atoms with van der Waals surface area (Å²) in [6.45, 7) is 1.29. The van der Waals surface area contributed by atoms with Crippen molar-refractivity contribution in [2.45, 2.75) is 25.5 Å². The molecule has 0 saturated carbocycles. The van der Waals surface area contributed by atoms with E-state index in [0.29, 0.717) is 23.6 Å². The first kappa shape index (κ1) is 20.0. The number of fused-ring (bicyclic) bond motifs is 1. The summed E-state index contributed by atoms with van der Waals surface area (Å²) in [7, 11) is 1.57. The van der Waals surface area contributed by atoms with Crippen molar-refractivity contribution in [3.63, 3.8) is 0 Å². The molecule has 1 aromatic carbocycles. The number of nitrogens with one attached hydrogen (secondary N) is 1. The third kappa shape index (κ3) is 4.18. The van der Waals surface area contributed by atoms with Gasteiger partial charge in [-0.15, -0.1) is 0 Å². The minimum absolute atomic E-state index is 0.0385. The minimum Gasteiger partial charge on any atom is -0.497 e. The van der Waals surface area contributed by atoms with Crippen molar-refractivity contribution in [3.8, 4) is 5.75 Å². The predicted octanol–water partition coefficient (Wildman–Crippen LogP) is 2.01. The molecule has 2 atom stereocenters. The lowest BCUT2D eigenvalue weighted by molar-refractivity contribution is -0.130. The topological polar surface area (TPSA) is 97.3 Å². The Morgan fingerprint density at radius 1 is 1.30 bits per heavy atom. The van der Waals surface area contributed by atoms with Crippen LogP contribution >= 0.6 is 0 Å². The first-order valence-electron chi connectivity index (χ1n) is 9.91. The third-order valence-electron chi connectivity index (χ3n) is 5.35. The molecule has 4 amide bonds. The number of carbonyl (C=O) groups excluding carboxylic acids is 3. The second-order valence-electron chi connectivity index (χ2n) is 7.37. The highest BCUT2D eigenvalue weighted by molar-refractivity contribution is 6.23. The van der Waals surface area contributed by atoms with Crippen molar-refractivity contribution in [2.24, 2.45) is 10.9 Å². The van der Waals surface area contributed by atoms with Gasteiger partial charge in [0.15, 0.2) is 0 Å². The van der Waals surface area contributed by atoms with Crippen molar-refractivity contribution in [2.75, 3.05) is 20.3 Å². The van der Waals surface area contributed by atoms with Crippen LogP contribution in [0.25, 0.3) is 0 Å². The number of methoxy groups -OCH3 is 1. The Morgan fingerprint density at radius 2 is 2.10 bits per heavy atom. The second kappa shape index (κ2) is 8.62. The average Bonchev–Trinajstić information content (AvgIpc) is 3.28. The van der Waals surface area contributed by atoms with Crippen molar-refractivity contribution >= 4 is 23.6 Å². The van der Waals surface area contributed by atoms with Gasteiger partial charge in [0.1, 0.15) is 5.75 Å². The van der Waals surface area contributed by atoms with Gasteiger partial charge in [-0.25, -0.2) is 4.79 Å². The Labute approximate surface area is 174 Å². The molecule has 0 radical (unpaired) electrons. The van der Waals surface area contributed by atoms with E-state index in [-0.39, 0.29) is 24.5 Å². The largest absolute Gasteiger partial charge is 0.497 e. The highest BCUT2D eigenvalue weighted by atomic mass is 16.5. The fourth-order valence-corrected chi connectivity index (χ4v) is 3.65. The summed E-state index contributed by atoms with van der Waals surface area (Å²) >= 11 is 0. The lowest BCUT2D eigenvalue weighted by Crippen LogP contribution is -2.46. The number of nitrogens with zero attached hydrogens (tertiary/aromatic N) is 2. The molecule has 8 nitrogen and oxygen atoms in total. The lowest BCUT2D eigenvalue weighted by Gasteiger charge is -2.29. The maximum absolute atomic E-state index is 12.9. The number of aliphatic imine (C=N–C) groups is 1. The van der Waals surface area contributed by atoms with Gasteiger partial charge in [-0.2, -0.15) is 4.99 Å². The summed E-state index contributed by atoms with van der Waals surface area (Å²) in [4.78, 5) is 43.0. The van der Waals surface area contributed by atoms with Crippen LogP contribution in [0.4, 0.5) is 4.79 Å². The summed E-state index contributed by atoms with van der Waals surface area (Å²) in [5.74, 6) is -0.604. The van der Waals surface area contributed by atoms with Crippen LogP contribution in [0.1, 0.15) is 18.4 Å². The Morgan fingerprint density at radius 3 is 2.80 bits per heavy atom. The van der Waals surface area contributed by atoms with Gasteiger partial charge < -0.3 is 14.8 Å². The van der Waals surface area contributed by atoms with E-state index in [0.717, 1.165) is 29.9 Å². The Hall–Kier alpha value is -3.26. The maximum atomic E-state index is 12.9. The van der Waals surface area contributed by atoms with E-state index in [1.54, 1.807) is 43.5 Å². The van der Waals surface area contributed by atoms with Crippen molar-refractivity contribution < 1.29 is 23.9 Å². The molecule has 2 heterocycles. The average molecular weight is 409 g/mol. The predicted molar refractivity (Wildman–Crippen MR) is 109 cm³/mol. The van der Waals surface area contributed by atoms with Gasteiger partial charge in [0.05, 0.1) is 31.4 Å². The van der Waals surface area contributed by atoms with Gasteiger partial charge in [0, 0.05) is 18.7 Å². The quantitative estimate of drug-likeness (QED) is 0.775. The third-order valence-corrected chi connectivity index (χ3v) is 5.35. The Kier molecular flexibility index (Phi) is 5.76. The van der Waals surface area contributed by atoms with Gasteiger partial charge in [-0.3, -0.25) is 14.5 Å². The SMILES string of the molecule is COc1ccc(CN2C(=O)N=C3C=C(C(=O)NCC4CCCO4)C=CC3C2=O)cc1. The summed E-state index contributed by atoms with van der Waals surface area (Å²) in [5.41, 5.74) is 1.45. The molecule has 1 aromatic rings. The molecule has 8 heteroatoms. The molecule has 0 aromatic heterocycles. The highest BCUT2D eigenvalue weighted by Crippen LogP contribution is 2.24. The van der Waals surface area contributed by atoms with Crippen LogP contribution in [0, 0.1) is 5.92 Å². The first-order chi connectivity index (χ1) is 14.5. The number of hydrogen-bond donors (Lipinski definition) is 1. The van der Waals surface area contributed by atoms with Gasteiger partial charge in [-0.1, -0.05) is 24.3 Å². The molecule has 2 aliphatic heterocycles. The zero-order valence-electron chi connectivity index (χ0n) is 16.7. The van der Waals surface area contributed by atoms with Gasteiger partial charge >= 0.3 is 6.03 Å². The standard InChI is InChI=1S/C22H23N3O5/c1-29-16-7-4-14(5-8-16)13-25-21(27)18-9-6-15(11-19(18)24-22(25)28)20(26)23-12-17-3-2-10-30-17/h4-9,11,17-18H,2-3,10,12-13H2,1H3,(H,23,26). The van der Waals surface area contributed by atoms with E-state index in [4.69, 9.17) is 9.47 Å². The summed E-state index contributed by atoms with van der Waals surface area (Å²) in [6.07, 6.45) is 6.70. The zero-order valence-corrected chi connectivity index (χ0v) is 16.7. The van der Waals surface area contributed by atoms with E-state index in [9.17, 15) is 14.4 Å². The van der Waals surface area contributed by atoms with Crippen molar-refractivity contribution in [3.05, 3.63) is 53.6 Å². The van der Waals surface area contributed by atoms with Gasteiger partial charge in [0.2, 0.25) is 5.91 Å². The van der Waals surface area contributed by atoms with Crippen molar-refractivity contribution in [1.82, 2.24) is 10.2 Å². The van der Waals surface area contributed by atoms with Crippen LogP contribution in [0.5, 0.6) is 5.75 Å². The summed E-state index contributed by atoms with van der Waals surface area (Å²) in [5, 5.41) is 2.83. The monoisotopic (exact) mass is 409 g/mol. The fraction of sp³-hybridized carbons (Fsp3) is 0.364. The van der Waals surface area contributed by atoms with E-state index in [2.05, 4.69) is 10.3 Å². The molecule has 0 spiro atoms. The number of carbonyl (C=O) groups is 3.